The zero-order valence-electron chi connectivity index (χ0n) is 15.8. The number of rotatable bonds is 5. The van der Waals surface area contributed by atoms with Gasteiger partial charge in [0.2, 0.25) is 5.82 Å². The van der Waals surface area contributed by atoms with E-state index >= 15 is 0 Å². The molecule has 150 valence electrons. The third kappa shape index (κ3) is 4.30. The molecule has 0 aliphatic heterocycles. The molecular formula is C22H16Cl2N4O2. The first kappa shape index (κ1) is 19.9. The van der Waals surface area contributed by atoms with Crippen molar-refractivity contribution >= 4 is 57.2 Å². The maximum atomic E-state index is 12.8. The van der Waals surface area contributed by atoms with Crippen LogP contribution in [0.5, 0.6) is 5.75 Å². The molecule has 1 heterocycles. The van der Waals surface area contributed by atoms with Gasteiger partial charge in [-0.15, -0.1) is 0 Å². The molecule has 0 spiro atoms. The maximum absolute atomic E-state index is 12.8. The molecule has 1 amide bonds. The SMILES string of the molecule is COc1ccc(NC(=O)c2nc(Nc3ccc(Cl)cc3)c3ccccc3n2)cc1Cl. The van der Waals surface area contributed by atoms with Gasteiger partial charge in [-0.25, -0.2) is 9.97 Å². The molecule has 30 heavy (non-hydrogen) atoms. The summed E-state index contributed by atoms with van der Waals surface area (Å²) in [4.78, 5) is 21.7. The lowest BCUT2D eigenvalue weighted by molar-refractivity contribution is 0.101. The second kappa shape index (κ2) is 8.57. The summed E-state index contributed by atoms with van der Waals surface area (Å²) in [6.45, 7) is 0. The molecule has 0 unspecified atom stereocenters. The number of fused-ring (bicyclic) bond motifs is 1. The van der Waals surface area contributed by atoms with Crippen LogP contribution in [0, 0.1) is 0 Å². The summed E-state index contributed by atoms with van der Waals surface area (Å²) in [6.07, 6.45) is 0. The smallest absolute Gasteiger partial charge is 0.293 e. The molecule has 8 heteroatoms. The number of halogens is 2. The van der Waals surface area contributed by atoms with Gasteiger partial charge >= 0.3 is 0 Å². The highest BCUT2D eigenvalue weighted by Gasteiger charge is 2.15. The van der Waals surface area contributed by atoms with Crippen molar-refractivity contribution < 1.29 is 9.53 Å². The number of hydrogen-bond donors (Lipinski definition) is 2. The van der Waals surface area contributed by atoms with E-state index in [1.807, 2.05) is 36.4 Å². The fraction of sp³-hybridized carbons (Fsp3) is 0.0455. The van der Waals surface area contributed by atoms with Gasteiger partial charge in [0.1, 0.15) is 11.6 Å². The summed E-state index contributed by atoms with van der Waals surface area (Å²) in [7, 11) is 1.53. The lowest BCUT2D eigenvalue weighted by Crippen LogP contribution is -2.16. The lowest BCUT2D eigenvalue weighted by Gasteiger charge is -2.12. The minimum Gasteiger partial charge on any atom is -0.495 e. The van der Waals surface area contributed by atoms with E-state index < -0.39 is 5.91 Å². The molecule has 0 atom stereocenters. The number of carbonyl (C=O) groups is 1. The van der Waals surface area contributed by atoms with Gasteiger partial charge in [-0.1, -0.05) is 35.3 Å². The number of anilines is 3. The average molecular weight is 439 g/mol. The van der Waals surface area contributed by atoms with Crippen molar-refractivity contribution in [1.82, 2.24) is 9.97 Å². The molecule has 6 nitrogen and oxygen atoms in total. The summed E-state index contributed by atoms with van der Waals surface area (Å²) in [5, 5.41) is 7.80. The third-order valence-corrected chi connectivity index (χ3v) is 4.87. The topological polar surface area (TPSA) is 76.1 Å². The second-order valence-electron chi connectivity index (χ2n) is 6.35. The number of ether oxygens (including phenoxy) is 1. The molecule has 0 aliphatic carbocycles. The van der Waals surface area contributed by atoms with E-state index in [4.69, 9.17) is 27.9 Å². The lowest BCUT2D eigenvalue weighted by atomic mass is 10.2. The molecule has 0 fully saturated rings. The second-order valence-corrected chi connectivity index (χ2v) is 7.19. The van der Waals surface area contributed by atoms with Crippen LogP contribution in [0.25, 0.3) is 10.9 Å². The predicted octanol–water partition coefficient (Wildman–Crippen LogP) is 5.94. The van der Waals surface area contributed by atoms with Gasteiger partial charge < -0.3 is 15.4 Å². The van der Waals surface area contributed by atoms with Crippen molar-refractivity contribution in [3.63, 3.8) is 0 Å². The Hall–Kier alpha value is -3.35. The maximum Gasteiger partial charge on any atom is 0.293 e. The standard InChI is InChI=1S/C22H16Cl2N4O2/c1-30-19-11-10-15(12-17(19)24)26-22(29)21-27-18-5-3-2-4-16(18)20(28-21)25-14-8-6-13(23)7-9-14/h2-12H,1H3,(H,26,29)(H,25,27,28). The Bertz CT molecular complexity index is 1230. The number of amides is 1. The normalized spacial score (nSPS) is 10.6. The molecule has 0 saturated carbocycles. The van der Waals surface area contributed by atoms with Crippen LogP contribution < -0.4 is 15.4 Å². The van der Waals surface area contributed by atoms with E-state index in [2.05, 4.69) is 20.6 Å². The highest BCUT2D eigenvalue weighted by Crippen LogP contribution is 2.28. The van der Waals surface area contributed by atoms with Gasteiger partial charge in [0, 0.05) is 21.8 Å². The molecule has 0 bridgehead atoms. The Kier molecular flexibility index (Phi) is 5.70. The Morgan fingerprint density at radius 3 is 2.40 bits per heavy atom. The van der Waals surface area contributed by atoms with Crippen LogP contribution in [0.4, 0.5) is 17.2 Å². The summed E-state index contributed by atoms with van der Waals surface area (Å²) in [5.74, 6) is 0.602. The van der Waals surface area contributed by atoms with Crippen molar-refractivity contribution in [3.05, 3.63) is 82.6 Å². The number of hydrogen-bond acceptors (Lipinski definition) is 5. The van der Waals surface area contributed by atoms with Crippen molar-refractivity contribution in [3.8, 4) is 5.75 Å². The molecule has 0 radical (unpaired) electrons. The average Bonchev–Trinajstić information content (AvgIpc) is 2.75. The van der Waals surface area contributed by atoms with Crippen LogP contribution in [-0.2, 0) is 0 Å². The van der Waals surface area contributed by atoms with Crippen LogP contribution in [0.15, 0.2) is 66.7 Å². The summed E-state index contributed by atoms with van der Waals surface area (Å²) >= 11 is 12.1. The molecule has 4 aromatic rings. The van der Waals surface area contributed by atoms with E-state index in [1.54, 1.807) is 30.3 Å². The van der Waals surface area contributed by atoms with Crippen molar-refractivity contribution in [2.45, 2.75) is 0 Å². The number of carbonyl (C=O) groups excluding carboxylic acids is 1. The minimum absolute atomic E-state index is 0.0251. The fourth-order valence-electron chi connectivity index (χ4n) is 2.87. The Morgan fingerprint density at radius 1 is 0.933 bits per heavy atom. The Labute approximate surface area is 182 Å². The van der Waals surface area contributed by atoms with Gasteiger partial charge in [0.15, 0.2) is 0 Å². The van der Waals surface area contributed by atoms with Gasteiger partial charge in [-0.3, -0.25) is 4.79 Å². The molecule has 0 aliphatic rings. The van der Waals surface area contributed by atoms with E-state index in [1.165, 1.54) is 7.11 Å². The summed E-state index contributed by atoms with van der Waals surface area (Å²) in [5.41, 5.74) is 1.94. The first-order valence-corrected chi connectivity index (χ1v) is 9.73. The molecule has 0 saturated heterocycles. The minimum atomic E-state index is -0.457. The van der Waals surface area contributed by atoms with E-state index in [9.17, 15) is 4.79 Å². The number of nitrogens with zero attached hydrogens (tertiary/aromatic N) is 2. The van der Waals surface area contributed by atoms with Crippen molar-refractivity contribution in [2.24, 2.45) is 0 Å². The quantitative estimate of drug-likeness (QED) is 0.403. The Morgan fingerprint density at radius 2 is 1.67 bits per heavy atom. The molecular weight excluding hydrogens is 423 g/mol. The van der Waals surface area contributed by atoms with Crippen molar-refractivity contribution in [1.29, 1.82) is 0 Å². The van der Waals surface area contributed by atoms with Crippen LogP contribution in [0.1, 0.15) is 10.6 Å². The van der Waals surface area contributed by atoms with Crippen LogP contribution in [0.2, 0.25) is 10.0 Å². The zero-order valence-corrected chi connectivity index (χ0v) is 17.3. The molecule has 1 aromatic heterocycles. The third-order valence-electron chi connectivity index (χ3n) is 4.32. The zero-order chi connectivity index (χ0) is 21.1. The molecule has 4 rings (SSSR count). The van der Waals surface area contributed by atoms with Crippen molar-refractivity contribution in [2.75, 3.05) is 17.7 Å². The number of para-hydroxylation sites is 1. The number of benzene rings is 3. The van der Waals surface area contributed by atoms with E-state index in [0.29, 0.717) is 32.8 Å². The van der Waals surface area contributed by atoms with E-state index in [-0.39, 0.29) is 5.82 Å². The van der Waals surface area contributed by atoms with Gasteiger partial charge in [0.05, 0.1) is 17.6 Å². The largest absolute Gasteiger partial charge is 0.495 e. The highest BCUT2D eigenvalue weighted by atomic mass is 35.5. The number of aromatic nitrogens is 2. The first-order valence-electron chi connectivity index (χ1n) is 8.98. The van der Waals surface area contributed by atoms with Gasteiger partial charge in [0.25, 0.3) is 5.91 Å². The van der Waals surface area contributed by atoms with Crippen LogP contribution >= 0.6 is 23.2 Å². The highest BCUT2D eigenvalue weighted by molar-refractivity contribution is 6.32. The summed E-state index contributed by atoms with van der Waals surface area (Å²) < 4.78 is 5.13. The molecule has 2 N–H and O–H groups in total. The molecule has 3 aromatic carbocycles. The van der Waals surface area contributed by atoms with Gasteiger partial charge in [-0.2, -0.15) is 0 Å². The monoisotopic (exact) mass is 438 g/mol. The number of nitrogens with one attached hydrogen (secondary N) is 2. The fourth-order valence-corrected chi connectivity index (χ4v) is 3.26. The Balaban J connectivity index is 1.67. The van der Waals surface area contributed by atoms with Crippen LogP contribution in [-0.4, -0.2) is 23.0 Å². The first-order chi connectivity index (χ1) is 14.5. The number of methoxy groups -OCH3 is 1. The van der Waals surface area contributed by atoms with E-state index in [0.717, 1.165) is 11.1 Å². The van der Waals surface area contributed by atoms with Crippen LogP contribution in [0.3, 0.4) is 0 Å². The predicted molar refractivity (Wildman–Crippen MR) is 120 cm³/mol. The van der Waals surface area contributed by atoms with Gasteiger partial charge in [-0.05, 0) is 54.6 Å². The summed E-state index contributed by atoms with van der Waals surface area (Å²) in [6, 6.07) is 19.6.